The quantitative estimate of drug-likeness (QED) is 0.304. The van der Waals surface area contributed by atoms with Gasteiger partial charge in [-0.3, -0.25) is 14.9 Å². The highest BCUT2D eigenvalue weighted by atomic mass is 32.2. The lowest BCUT2D eigenvalue weighted by Crippen LogP contribution is -2.20. The summed E-state index contributed by atoms with van der Waals surface area (Å²) in [6, 6.07) is 7.29. The Balaban J connectivity index is 1.33. The predicted molar refractivity (Wildman–Crippen MR) is 117 cm³/mol. The molecule has 0 atom stereocenters. The number of carbonyl (C=O) groups is 1. The first kappa shape index (κ1) is 21.3. The molecule has 1 aromatic carbocycles. The second kappa shape index (κ2) is 9.49. The van der Waals surface area contributed by atoms with Crippen LogP contribution in [0.2, 0.25) is 0 Å². The molecular formula is C18H15FN6O3S3. The predicted octanol–water partition coefficient (Wildman–Crippen LogP) is 3.01. The van der Waals surface area contributed by atoms with E-state index in [4.69, 9.17) is 4.74 Å². The van der Waals surface area contributed by atoms with E-state index in [1.165, 1.54) is 63.2 Å². The number of aromatic nitrogens is 5. The zero-order valence-corrected chi connectivity index (χ0v) is 18.5. The van der Waals surface area contributed by atoms with E-state index in [9.17, 15) is 14.0 Å². The van der Waals surface area contributed by atoms with Crippen LogP contribution < -0.4 is 15.6 Å². The van der Waals surface area contributed by atoms with E-state index >= 15 is 0 Å². The van der Waals surface area contributed by atoms with Crippen molar-refractivity contribution in [3.8, 4) is 5.75 Å². The number of para-hydroxylation sites is 1. The van der Waals surface area contributed by atoms with Crippen molar-refractivity contribution in [3.05, 3.63) is 57.2 Å². The molecule has 0 bridgehead atoms. The van der Waals surface area contributed by atoms with Crippen LogP contribution in [0.5, 0.6) is 5.75 Å². The summed E-state index contributed by atoms with van der Waals surface area (Å²) in [5, 5.41) is 15.9. The number of benzene rings is 1. The zero-order valence-electron chi connectivity index (χ0n) is 16.1. The van der Waals surface area contributed by atoms with Crippen LogP contribution in [0.4, 0.5) is 9.52 Å². The van der Waals surface area contributed by atoms with E-state index in [2.05, 4.69) is 25.6 Å². The van der Waals surface area contributed by atoms with E-state index < -0.39 is 11.7 Å². The summed E-state index contributed by atoms with van der Waals surface area (Å²) >= 11 is 3.91. The van der Waals surface area contributed by atoms with Gasteiger partial charge in [-0.1, -0.05) is 53.5 Å². The zero-order chi connectivity index (χ0) is 21.8. The number of rotatable bonds is 8. The first-order valence-electron chi connectivity index (χ1n) is 9.04. The number of fused-ring (bicyclic) bond motifs is 1. The van der Waals surface area contributed by atoms with Gasteiger partial charge in [0.2, 0.25) is 10.1 Å². The van der Waals surface area contributed by atoms with Crippen LogP contribution in [-0.4, -0.2) is 37.3 Å². The highest BCUT2D eigenvalue weighted by molar-refractivity contribution is 8.00. The van der Waals surface area contributed by atoms with Crippen LogP contribution in [0.15, 0.2) is 39.5 Å². The number of halogens is 1. The molecular weight excluding hydrogens is 463 g/mol. The van der Waals surface area contributed by atoms with Gasteiger partial charge >= 0.3 is 0 Å². The summed E-state index contributed by atoms with van der Waals surface area (Å²) < 4.78 is 20.6. The molecule has 0 fully saturated rings. The van der Waals surface area contributed by atoms with Gasteiger partial charge in [0.05, 0.1) is 5.69 Å². The van der Waals surface area contributed by atoms with Gasteiger partial charge in [0.1, 0.15) is 5.01 Å². The average Bonchev–Trinajstić information content (AvgIpc) is 3.38. The molecule has 0 spiro atoms. The monoisotopic (exact) mass is 478 g/mol. The highest BCUT2D eigenvalue weighted by Gasteiger charge is 2.12. The third-order valence-corrected chi connectivity index (χ3v) is 6.89. The van der Waals surface area contributed by atoms with E-state index in [1.54, 1.807) is 6.07 Å². The third kappa shape index (κ3) is 5.24. The largest absolute Gasteiger partial charge is 0.481 e. The Morgan fingerprint density at radius 2 is 2.13 bits per heavy atom. The molecule has 1 N–H and O–H groups in total. The minimum absolute atomic E-state index is 0.00136. The first-order chi connectivity index (χ1) is 15.0. The molecule has 31 heavy (non-hydrogen) atoms. The highest BCUT2D eigenvalue weighted by Crippen LogP contribution is 2.28. The fraction of sp³-hybridized carbons (Fsp3) is 0.222. The molecule has 13 heteroatoms. The minimum atomic E-state index is -0.541. The van der Waals surface area contributed by atoms with Crippen molar-refractivity contribution in [1.29, 1.82) is 0 Å². The Bertz CT molecular complexity index is 1290. The van der Waals surface area contributed by atoms with Gasteiger partial charge in [0, 0.05) is 11.8 Å². The van der Waals surface area contributed by atoms with Crippen molar-refractivity contribution in [2.24, 2.45) is 0 Å². The molecule has 0 unspecified atom stereocenters. The number of nitrogens with one attached hydrogen (secondary N) is 1. The van der Waals surface area contributed by atoms with Crippen molar-refractivity contribution in [2.45, 2.75) is 23.4 Å². The second-order valence-corrected chi connectivity index (χ2v) is 9.30. The Kier molecular flexibility index (Phi) is 6.53. The van der Waals surface area contributed by atoms with Gasteiger partial charge < -0.3 is 4.74 Å². The molecule has 0 saturated carbocycles. The third-order valence-electron chi connectivity index (χ3n) is 3.83. The summed E-state index contributed by atoms with van der Waals surface area (Å²) in [5.74, 6) is -0.600. The SMILES string of the molecule is CCc1nn2c(=O)cc(CSc3nnc(NC(=O)COc4ccccc4F)s3)nc2s1. The second-order valence-electron chi connectivity index (χ2n) is 6.06. The van der Waals surface area contributed by atoms with Crippen LogP contribution >= 0.6 is 34.4 Å². The molecule has 4 aromatic rings. The average molecular weight is 479 g/mol. The molecule has 0 aliphatic heterocycles. The van der Waals surface area contributed by atoms with Crippen LogP contribution in [0.3, 0.4) is 0 Å². The Morgan fingerprint density at radius 3 is 2.94 bits per heavy atom. The van der Waals surface area contributed by atoms with E-state index in [0.29, 0.717) is 25.9 Å². The van der Waals surface area contributed by atoms with Crippen molar-refractivity contribution in [1.82, 2.24) is 24.8 Å². The van der Waals surface area contributed by atoms with Crippen LogP contribution in [-0.2, 0) is 17.0 Å². The number of nitrogens with zero attached hydrogens (tertiary/aromatic N) is 5. The van der Waals surface area contributed by atoms with Gasteiger partial charge in [-0.2, -0.15) is 9.61 Å². The van der Waals surface area contributed by atoms with Crippen molar-refractivity contribution in [3.63, 3.8) is 0 Å². The lowest BCUT2D eigenvalue weighted by atomic mass is 10.3. The minimum Gasteiger partial charge on any atom is -0.481 e. The number of aryl methyl sites for hydroxylation is 1. The summed E-state index contributed by atoms with van der Waals surface area (Å²) in [7, 11) is 0. The number of amides is 1. The molecule has 3 heterocycles. The van der Waals surface area contributed by atoms with Crippen LogP contribution in [0, 0.1) is 5.82 Å². The molecule has 3 aromatic heterocycles. The number of thioether (sulfide) groups is 1. The smallest absolute Gasteiger partial charge is 0.275 e. The molecule has 1 amide bonds. The molecule has 160 valence electrons. The van der Waals surface area contributed by atoms with Crippen LogP contribution in [0.1, 0.15) is 17.6 Å². The first-order valence-corrected chi connectivity index (χ1v) is 11.7. The van der Waals surface area contributed by atoms with Crippen molar-refractivity contribution in [2.75, 3.05) is 11.9 Å². The standard InChI is InChI=1S/C18H15FN6O3S3/c1-2-14-24-25-15(27)7-10(20-17(25)30-14)9-29-18-23-22-16(31-18)21-13(26)8-28-12-6-4-3-5-11(12)19/h3-7H,2,8-9H2,1H3,(H,21,22,26). The number of ether oxygens (including phenoxy) is 1. The van der Waals surface area contributed by atoms with Gasteiger partial charge in [-0.15, -0.1) is 10.2 Å². The maximum atomic E-state index is 13.5. The van der Waals surface area contributed by atoms with Gasteiger partial charge in [0.15, 0.2) is 22.5 Å². The van der Waals surface area contributed by atoms with Gasteiger partial charge in [-0.25, -0.2) is 9.37 Å². The van der Waals surface area contributed by atoms with Crippen molar-refractivity contribution < 1.29 is 13.9 Å². The van der Waals surface area contributed by atoms with E-state index in [-0.39, 0.29) is 17.9 Å². The molecule has 0 radical (unpaired) electrons. The van der Waals surface area contributed by atoms with E-state index in [1.807, 2.05) is 6.92 Å². The van der Waals surface area contributed by atoms with Crippen molar-refractivity contribution >= 4 is 50.4 Å². The fourth-order valence-electron chi connectivity index (χ4n) is 2.43. The van der Waals surface area contributed by atoms with Crippen LogP contribution in [0.25, 0.3) is 4.96 Å². The number of carbonyl (C=O) groups excluding carboxylic acids is 1. The molecule has 0 aliphatic rings. The molecule has 4 rings (SSSR count). The summed E-state index contributed by atoms with van der Waals surface area (Å²) in [6.07, 6.45) is 0.738. The summed E-state index contributed by atoms with van der Waals surface area (Å²) in [6.45, 7) is 1.61. The number of hydrogen-bond acceptors (Lipinski definition) is 10. The summed E-state index contributed by atoms with van der Waals surface area (Å²) in [4.78, 5) is 29.2. The topological polar surface area (TPSA) is 111 Å². The maximum Gasteiger partial charge on any atom is 0.275 e. The Hall–Kier alpha value is -2.90. The normalized spacial score (nSPS) is 11.0. The van der Waals surface area contributed by atoms with E-state index in [0.717, 1.165) is 11.4 Å². The Labute approximate surface area is 187 Å². The lowest BCUT2D eigenvalue weighted by molar-refractivity contribution is -0.118. The molecule has 0 saturated heterocycles. The Morgan fingerprint density at radius 1 is 1.29 bits per heavy atom. The molecule has 0 aliphatic carbocycles. The van der Waals surface area contributed by atoms with Gasteiger partial charge in [0.25, 0.3) is 11.5 Å². The maximum absolute atomic E-state index is 13.5. The fourth-order valence-corrected chi connectivity index (χ4v) is 4.95. The number of hydrogen-bond donors (Lipinski definition) is 1. The summed E-state index contributed by atoms with van der Waals surface area (Å²) in [5.41, 5.74) is 0.386. The lowest BCUT2D eigenvalue weighted by Gasteiger charge is -2.05. The van der Waals surface area contributed by atoms with Gasteiger partial charge in [-0.05, 0) is 18.6 Å². The molecule has 9 nitrogen and oxygen atoms in total. The number of anilines is 1.